The van der Waals surface area contributed by atoms with Crippen molar-refractivity contribution in [1.82, 2.24) is 15.5 Å². The van der Waals surface area contributed by atoms with Gasteiger partial charge in [0.15, 0.2) is 0 Å². The number of piperidine rings is 1. The van der Waals surface area contributed by atoms with Crippen LogP contribution in [0.3, 0.4) is 0 Å². The smallest absolute Gasteiger partial charge is 0.317 e. The van der Waals surface area contributed by atoms with Gasteiger partial charge in [-0.2, -0.15) is 0 Å². The summed E-state index contributed by atoms with van der Waals surface area (Å²) < 4.78 is 0. The zero-order chi connectivity index (χ0) is 17.5. The zero-order valence-corrected chi connectivity index (χ0v) is 15.0. The second-order valence-electron chi connectivity index (χ2n) is 6.86. The van der Waals surface area contributed by atoms with E-state index in [0.29, 0.717) is 19.5 Å². The average Bonchev–Trinajstić information content (AvgIpc) is 2.54. The molecule has 0 aromatic heterocycles. The van der Waals surface area contributed by atoms with Crippen LogP contribution < -0.4 is 10.6 Å². The Bertz CT molecular complexity index is 563. The summed E-state index contributed by atoms with van der Waals surface area (Å²) in [6, 6.07) is 8.50. The van der Waals surface area contributed by atoms with Gasteiger partial charge >= 0.3 is 6.03 Å². The Hall–Kier alpha value is -2.04. The first kappa shape index (κ1) is 18.3. The van der Waals surface area contributed by atoms with E-state index in [1.807, 2.05) is 30.9 Å². The van der Waals surface area contributed by atoms with Gasteiger partial charge in [-0.1, -0.05) is 24.3 Å². The van der Waals surface area contributed by atoms with E-state index < -0.39 is 0 Å². The second-order valence-corrected chi connectivity index (χ2v) is 6.86. The molecule has 0 saturated carbocycles. The molecule has 0 unspecified atom stereocenters. The largest absolute Gasteiger partial charge is 0.353 e. The molecule has 0 radical (unpaired) electrons. The Labute approximate surface area is 144 Å². The number of rotatable bonds is 5. The highest BCUT2D eigenvalue weighted by Crippen LogP contribution is 2.12. The van der Waals surface area contributed by atoms with Crippen molar-refractivity contribution in [3.05, 3.63) is 35.4 Å². The molecule has 1 aliphatic heterocycles. The quantitative estimate of drug-likeness (QED) is 0.871. The van der Waals surface area contributed by atoms with Crippen molar-refractivity contribution in [2.24, 2.45) is 0 Å². The van der Waals surface area contributed by atoms with E-state index in [1.165, 1.54) is 11.1 Å². The monoisotopic (exact) mass is 331 g/mol. The summed E-state index contributed by atoms with van der Waals surface area (Å²) in [5, 5.41) is 6.02. The topological polar surface area (TPSA) is 61.4 Å². The minimum atomic E-state index is -0.00525. The highest BCUT2D eigenvalue weighted by molar-refractivity contribution is 5.77. The number of likely N-dealkylation sites (tertiary alicyclic amines) is 1. The number of hydrogen-bond donors (Lipinski definition) is 2. The fourth-order valence-corrected chi connectivity index (χ4v) is 3.00. The lowest BCUT2D eigenvalue weighted by Gasteiger charge is -2.33. The molecule has 1 heterocycles. The number of carbonyl (C=O) groups excluding carboxylic acids is 2. The second kappa shape index (κ2) is 8.71. The van der Waals surface area contributed by atoms with E-state index in [1.54, 1.807) is 0 Å². The zero-order valence-electron chi connectivity index (χ0n) is 15.0. The van der Waals surface area contributed by atoms with Crippen LogP contribution in [0.5, 0.6) is 0 Å². The first-order valence-corrected chi connectivity index (χ1v) is 8.85. The molecule has 1 aliphatic rings. The van der Waals surface area contributed by atoms with Gasteiger partial charge in [0, 0.05) is 31.6 Å². The van der Waals surface area contributed by atoms with Gasteiger partial charge in [0.1, 0.15) is 0 Å². The number of urea groups is 1. The third-order valence-corrected chi connectivity index (χ3v) is 4.44. The molecule has 5 heteroatoms. The molecular weight excluding hydrogens is 302 g/mol. The van der Waals surface area contributed by atoms with Crippen LogP contribution in [0, 0.1) is 6.92 Å². The molecule has 1 saturated heterocycles. The van der Waals surface area contributed by atoms with Gasteiger partial charge in [0.2, 0.25) is 5.91 Å². The molecule has 0 spiro atoms. The van der Waals surface area contributed by atoms with Crippen molar-refractivity contribution >= 4 is 11.9 Å². The number of hydrogen-bond acceptors (Lipinski definition) is 2. The van der Waals surface area contributed by atoms with Crippen LogP contribution in [-0.4, -0.2) is 42.0 Å². The molecule has 0 aliphatic carbocycles. The predicted molar refractivity (Wildman–Crippen MR) is 95.9 cm³/mol. The van der Waals surface area contributed by atoms with E-state index in [4.69, 9.17) is 0 Å². The normalized spacial score (nSPS) is 15.4. The van der Waals surface area contributed by atoms with Crippen LogP contribution in [0.15, 0.2) is 24.3 Å². The maximum absolute atomic E-state index is 12.2. The Morgan fingerprint density at radius 2 is 1.88 bits per heavy atom. The number of nitrogens with zero attached hydrogens (tertiary/aromatic N) is 1. The molecule has 5 nitrogen and oxygen atoms in total. The summed E-state index contributed by atoms with van der Waals surface area (Å²) in [7, 11) is 0. The Balaban J connectivity index is 1.70. The highest BCUT2D eigenvalue weighted by Gasteiger charge is 2.23. The minimum Gasteiger partial charge on any atom is -0.353 e. The van der Waals surface area contributed by atoms with Crippen LogP contribution in [0.4, 0.5) is 4.79 Å². The molecule has 0 bridgehead atoms. The summed E-state index contributed by atoms with van der Waals surface area (Å²) in [5.41, 5.74) is 2.46. The first-order chi connectivity index (χ1) is 11.5. The first-order valence-electron chi connectivity index (χ1n) is 8.85. The van der Waals surface area contributed by atoms with Gasteiger partial charge in [-0.3, -0.25) is 4.79 Å². The standard InChI is InChI=1S/C19H29N3O2/c1-14(2)20-19(24)22-12-10-17(11-13-22)21-18(23)9-8-16-7-5-4-6-15(16)3/h4-7,14,17H,8-13H2,1-3H3,(H,20,24)(H,21,23). The Kier molecular flexibility index (Phi) is 6.64. The number of carbonyl (C=O) groups is 2. The molecule has 1 fully saturated rings. The number of amides is 3. The third kappa shape index (κ3) is 5.55. The molecule has 132 valence electrons. The number of nitrogens with one attached hydrogen (secondary N) is 2. The van der Waals surface area contributed by atoms with E-state index in [9.17, 15) is 9.59 Å². The minimum absolute atomic E-state index is 0.00525. The van der Waals surface area contributed by atoms with Gasteiger partial charge < -0.3 is 15.5 Å². The SMILES string of the molecule is Cc1ccccc1CCC(=O)NC1CCN(C(=O)NC(C)C)CC1. The maximum atomic E-state index is 12.2. The van der Waals surface area contributed by atoms with Crippen LogP contribution in [0.2, 0.25) is 0 Å². The molecule has 2 rings (SSSR count). The predicted octanol–water partition coefficient (Wildman–Crippen LogP) is 2.63. The van der Waals surface area contributed by atoms with Crippen LogP contribution in [-0.2, 0) is 11.2 Å². The van der Waals surface area contributed by atoms with E-state index in [2.05, 4.69) is 29.7 Å². The van der Waals surface area contributed by atoms with Crippen LogP contribution in [0.25, 0.3) is 0 Å². The van der Waals surface area contributed by atoms with Crippen molar-refractivity contribution < 1.29 is 9.59 Å². The highest BCUT2D eigenvalue weighted by atomic mass is 16.2. The van der Waals surface area contributed by atoms with Crippen LogP contribution in [0.1, 0.15) is 44.2 Å². The lowest BCUT2D eigenvalue weighted by Crippen LogP contribution is -2.50. The molecule has 0 atom stereocenters. The third-order valence-electron chi connectivity index (χ3n) is 4.44. The lowest BCUT2D eigenvalue weighted by atomic mass is 10.0. The van der Waals surface area contributed by atoms with Crippen molar-refractivity contribution in [3.63, 3.8) is 0 Å². The fraction of sp³-hybridized carbons (Fsp3) is 0.579. The summed E-state index contributed by atoms with van der Waals surface area (Å²) in [6.07, 6.45) is 2.93. The molecular formula is C19H29N3O2. The Morgan fingerprint density at radius 1 is 1.21 bits per heavy atom. The Morgan fingerprint density at radius 3 is 2.50 bits per heavy atom. The van der Waals surface area contributed by atoms with Crippen LogP contribution >= 0.6 is 0 Å². The van der Waals surface area contributed by atoms with E-state index in [-0.39, 0.29) is 24.0 Å². The molecule has 1 aromatic rings. The number of aryl methyl sites for hydroxylation is 2. The average molecular weight is 331 g/mol. The van der Waals surface area contributed by atoms with Gasteiger partial charge in [-0.25, -0.2) is 4.79 Å². The summed E-state index contributed by atoms with van der Waals surface area (Å²) in [5.74, 6) is 0.100. The van der Waals surface area contributed by atoms with Crippen molar-refractivity contribution in [2.75, 3.05) is 13.1 Å². The summed E-state index contributed by atoms with van der Waals surface area (Å²) >= 11 is 0. The summed E-state index contributed by atoms with van der Waals surface area (Å²) in [6.45, 7) is 7.38. The van der Waals surface area contributed by atoms with Gasteiger partial charge in [0.25, 0.3) is 0 Å². The van der Waals surface area contributed by atoms with Crippen molar-refractivity contribution in [2.45, 2.75) is 58.5 Å². The fourth-order valence-electron chi connectivity index (χ4n) is 3.00. The molecule has 24 heavy (non-hydrogen) atoms. The molecule has 1 aromatic carbocycles. The van der Waals surface area contributed by atoms with Gasteiger partial charge in [0.05, 0.1) is 0 Å². The van der Waals surface area contributed by atoms with E-state index >= 15 is 0 Å². The molecule has 2 N–H and O–H groups in total. The van der Waals surface area contributed by atoms with Crippen molar-refractivity contribution in [3.8, 4) is 0 Å². The lowest BCUT2D eigenvalue weighted by molar-refractivity contribution is -0.122. The van der Waals surface area contributed by atoms with Crippen molar-refractivity contribution in [1.29, 1.82) is 0 Å². The molecule has 3 amide bonds. The maximum Gasteiger partial charge on any atom is 0.317 e. The van der Waals surface area contributed by atoms with E-state index in [0.717, 1.165) is 19.3 Å². The van der Waals surface area contributed by atoms with Gasteiger partial charge in [-0.15, -0.1) is 0 Å². The summed E-state index contributed by atoms with van der Waals surface area (Å²) in [4.78, 5) is 25.9. The number of benzene rings is 1. The van der Waals surface area contributed by atoms with Gasteiger partial charge in [-0.05, 0) is 51.2 Å².